The van der Waals surface area contributed by atoms with E-state index in [-0.39, 0.29) is 11.8 Å². The van der Waals surface area contributed by atoms with E-state index in [1.807, 2.05) is 54.7 Å². The average Bonchev–Trinajstić information content (AvgIpc) is 2.60. The van der Waals surface area contributed by atoms with Crippen LogP contribution in [0.15, 0.2) is 24.3 Å². The van der Waals surface area contributed by atoms with Gasteiger partial charge in [0.05, 0.1) is 4.58 Å². The van der Waals surface area contributed by atoms with E-state index in [0.717, 1.165) is 6.42 Å². The lowest BCUT2D eigenvalue weighted by Gasteiger charge is -2.21. The standard InChI is InChI=1S/C17H24N2O2S2/c1-3-9-18-15(20)12(2)19-16(21)13-5-7-14(8-6-13)17-22-10-4-11-23-17/h5-8,12,17H,3-4,9-11H2,1-2H3,(H,18,20)(H,19,21). The van der Waals surface area contributed by atoms with Crippen LogP contribution in [0, 0.1) is 0 Å². The molecule has 2 amide bonds. The third-order valence-corrected chi connectivity index (χ3v) is 6.58. The van der Waals surface area contributed by atoms with Gasteiger partial charge in [0.2, 0.25) is 5.91 Å². The van der Waals surface area contributed by atoms with E-state index >= 15 is 0 Å². The monoisotopic (exact) mass is 352 g/mol. The fourth-order valence-electron chi connectivity index (χ4n) is 2.22. The van der Waals surface area contributed by atoms with Crippen molar-refractivity contribution in [2.45, 2.75) is 37.3 Å². The zero-order valence-corrected chi connectivity index (χ0v) is 15.3. The number of thioether (sulfide) groups is 2. The molecule has 4 nitrogen and oxygen atoms in total. The summed E-state index contributed by atoms with van der Waals surface area (Å²) in [5.74, 6) is 2.04. The van der Waals surface area contributed by atoms with E-state index < -0.39 is 6.04 Å². The summed E-state index contributed by atoms with van der Waals surface area (Å²) in [5, 5.41) is 5.52. The van der Waals surface area contributed by atoms with Gasteiger partial charge in [0.15, 0.2) is 0 Å². The molecule has 0 radical (unpaired) electrons. The maximum absolute atomic E-state index is 12.2. The first-order chi connectivity index (χ1) is 11.1. The van der Waals surface area contributed by atoms with E-state index in [2.05, 4.69) is 10.6 Å². The Balaban J connectivity index is 1.90. The summed E-state index contributed by atoms with van der Waals surface area (Å²) >= 11 is 3.92. The van der Waals surface area contributed by atoms with Gasteiger partial charge in [-0.2, -0.15) is 0 Å². The van der Waals surface area contributed by atoms with Gasteiger partial charge in [0.25, 0.3) is 5.91 Å². The highest BCUT2D eigenvalue weighted by Crippen LogP contribution is 2.43. The van der Waals surface area contributed by atoms with E-state index in [1.54, 1.807) is 6.92 Å². The van der Waals surface area contributed by atoms with Gasteiger partial charge < -0.3 is 10.6 Å². The molecule has 0 saturated carbocycles. The number of carbonyl (C=O) groups excluding carboxylic acids is 2. The van der Waals surface area contributed by atoms with Gasteiger partial charge in [-0.25, -0.2) is 0 Å². The Morgan fingerprint density at radius 1 is 1.22 bits per heavy atom. The Hall–Kier alpha value is -1.14. The molecular formula is C17H24N2O2S2. The molecule has 1 atom stereocenters. The molecule has 23 heavy (non-hydrogen) atoms. The van der Waals surface area contributed by atoms with Crippen LogP contribution in [-0.2, 0) is 4.79 Å². The minimum absolute atomic E-state index is 0.146. The van der Waals surface area contributed by atoms with Crippen molar-refractivity contribution in [1.29, 1.82) is 0 Å². The first-order valence-corrected chi connectivity index (χ1v) is 10.1. The van der Waals surface area contributed by atoms with Crippen LogP contribution in [0.25, 0.3) is 0 Å². The Kier molecular flexibility index (Phi) is 7.30. The number of hydrogen-bond acceptors (Lipinski definition) is 4. The highest BCUT2D eigenvalue weighted by atomic mass is 32.2. The fourth-order valence-corrected chi connectivity index (χ4v) is 5.11. The summed E-state index contributed by atoms with van der Waals surface area (Å²) in [5.41, 5.74) is 1.85. The number of benzene rings is 1. The van der Waals surface area contributed by atoms with Crippen LogP contribution in [0.3, 0.4) is 0 Å². The van der Waals surface area contributed by atoms with Crippen LogP contribution in [-0.4, -0.2) is 35.9 Å². The molecule has 1 aromatic rings. The van der Waals surface area contributed by atoms with Crippen molar-refractivity contribution in [3.05, 3.63) is 35.4 Å². The predicted molar refractivity (Wildman–Crippen MR) is 98.9 cm³/mol. The number of hydrogen-bond donors (Lipinski definition) is 2. The molecule has 1 aliphatic heterocycles. The third-order valence-electron chi connectivity index (χ3n) is 3.56. The third kappa shape index (κ3) is 5.46. The normalized spacial score (nSPS) is 16.6. The van der Waals surface area contributed by atoms with Crippen LogP contribution in [0.4, 0.5) is 0 Å². The summed E-state index contributed by atoms with van der Waals surface area (Å²) in [6.45, 7) is 4.32. The molecule has 0 aliphatic carbocycles. The van der Waals surface area contributed by atoms with Crippen molar-refractivity contribution in [3.8, 4) is 0 Å². The molecule has 1 heterocycles. The molecule has 0 spiro atoms. The Bertz CT molecular complexity index is 528. The highest BCUT2D eigenvalue weighted by molar-refractivity contribution is 8.16. The summed E-state index contributed by atoms with van der Waals surface area (Å²) in [6.07, 6.45) is 2.15. The Labute approximate surface area is 146 Å². The molecule has 1 aromatic carbocycles. The lowest BCUT2D eigenvalue weighted by atomic mass is 10.1. The Morgan fingerprint density at radius 2 is 1.87 bits per heavy atom. The lowest BCUT2D eigenvalue weighted by molar-refractivity contribution is -0.122. The zero-order chi connectivity index (χ0) is 16.7. The van der Waals surface area contributed by atoms with Crippen LogP contribution >= 0.6 is 23.5 Å². The molecule has 1 fully saturated rings. The summed E-state index contributed by atoms with van der Waals surface area (Å²) in [4.78, 5) is 24.0. The predicted octanol–water partition coefficient (Wildman–Crippen LogP) is 3.20. The van der Waals surface area contributed by atoms with Crippen LogP contribution in [0.1, 0.15) is 47.2 Å². The van der Waals surface area contributed by atoms with Gasteiger partial charge in [-0.3, -0.25) is 9.59 Å². The van der Waals surface area contributed by atoms with Crippen molar-refractivity contribution in [1.82, 2.24) is 10.6 Å². The van der Waals surface area contributed by atoms with Crippen LogP contribution in [0.5, 0.6) is 0 Å². The first-order valence-electron chi connectivity index (χ1n) is 8.03. The van der Waals surface area contributed by atoms with Crippen molar-refractivity contribution >= 4 is 35.3 Å². The fraction of sp³-hybridized carbons (Fsp3) is 0.529. The minimum atomic E-state index is -0.529. The number of rotatable bonds is 6. The lowest BCUT2D eigenvalue weighted by Crippen LogP contribution is -2.45. The molecule has 1 aliphatic rings. The largest absolute Gasteiger partial charge is 0.354 e. The van der Waals surface area contributed by atoms with Crippen molar-refractivity contribution in [3.63, 3.8) is 0 Å². The highest BCUT2D eigenvalue weighted by Gasteiger charge is 2.18. The average molecular weight is 353 g/mol. The second-order valence-electron chi connectivity index (χ2n) is 5.54. The molecule has 6 heteroatoms. The van der Waals surface area contributed by atoms with E-state index in [0.29, 0.717) is 16.7 Å². The van der Waals surface area contributed by atoms with Crippen molar-refractivity contribution in [2.75, 3.05) is 18.1 Å². The van der Waals surface area contributed by atoms with Gasteiger partial charge in [0.1, 0.15) is 6.04 Å². The minimum Gasteiger partial charge on any atom is -0.354 e. The topological polar surface area (TPSA) is 58.2 Å². The van der Waals surface area contributed by atoms with Crippen molar-refractivity contribution in [2.24, 2.45) is 0 Å². The van der Waals surface area contributed by atoms with Gasteiger partial charge in [-0.05, 0) is 49.0 Å². The summed E-state index contributed by atoms with van der Waals surface area (Å²) in [6, 6.07) is 7.20. The number of nitrogens with one attached hydrogen (secondary N) is 2. The van der Waals surface area contributed by atoms with Crippen LogP contribution < -0.4 is 10.6 Å². The first kappa shape index (κ1) is 18.2. The van der Waals surface area contributed by atoms with Gasteiger partial charge in [0, 0.05) is 12.1 Å². The van der Waals surface area contributed by atoms with E-state index in [9.17, 15) is 9.59 Å². The summed E-state index contributed by atoms with van der Waals surface area (Å²) in [7, 11) is 0. The molecule has 0 aromatic heterocycles. The zero-order valence-electron chi connectivity index (χ0n) is 13.6. The molecule has 0 bridgehead atoms. The second kappa shape index (κ2) is 9.23. The quantitative estimate of drug-likeness (QED) is 0.825. The number of amides is 2. The number of carbonyl (C=O) groups is 2. The van der Waals surface area contributed by atoms with Gasteiger partial charge >= 0.3 is 0 Å². The molecular weight excluding hydrogens is 328 g/mol. The Morgan fingerprint density at radius 3 is 2.48 bits per heavy atom. The van der Waals surface area contributed by atoms with E-state index in [4.69, 9.17) is 0 Å². The van der Waals surface area contributed by atoms with E-state index in [1.165, 1.54) is 23.5 Å². The summed E-state index contributed by atoms with van der Waals surface area (Å²) < 4.78 is 0.472. The molecule has 1 unspecified atom stereocenters. The smallest absolute Gasteiger partial charge is 0.251 e. The van der Waals surface area contributed by atoms with Gasteiger partial charge in [-0.1, -0.05) is 19.1 Å². The van der Waals surface area contributed by atoms with Gasteiger partial charge in [-0.15, -0.1) is 23.5 Å². The SMILES string of the molecule is CCCNC(=O)C(C)NC(=O)c1ccc(C2SCCCS2)cc1. The maximum atomic E-state index is 12.2. The molecule has 2 rings (SSSR count). The molecule has 1 saturated heterocycles. The molecule has 126 valence electrons. The molecule has 2 N–H and O–H groups in total. The second-order valence-corrected chi connectivity index (χ2v) is 8.26. The van der Waals surface area contributed by atoms with Crippen molar-refractivity contribution < 1.29 is 9.59 Å². The van der Waals surface area contributed by atoms with Crippen LogP contribution in [0.2, 0.25) is 0 Å². The maximum Gasteiger partial charge on any atom is 0.251 e.